The molecule has 1 saturated carbocycles. The first-order chi connectivity index (χ1) is 12.1. The Kier molecular flexibility index (Phi) is 4.53. The average Bonchev–Trinajstić information content (AvgIpc) is 2.62. The van der Waals surface area contributed by atoms with Crippen molar-refractivity contribution in [3.05, 3.63) is 64.7 Å². The summed E-state index contributed by atoms with van der Waals surface area (Å²) in [6, 6.07) is 16.4. The van der Waals surface area contributed by atoms with Gasteiger partial charge in [0.15, 0.2) is 0 Å². The highest BCUT2D eigenvalue weighted by Gasteiger charge is 2.42. The third kappa shape index (κ3) is 3.44. The number of fused-ring (bicyclic) bond motifs is 1. The molecule has 0 atom stereocenters. The molecule has 2 aliphatic rings. The Hall–Kier alpha value is -1.84. The Labute approximate surface area is 153 Å². The van der Waals surface area contributed by atoms with Crippen LogP contribution in [0.5, 0.6) is 0 Å². The first kappa shape index (κ1) is 16.6. The van der Waals surface area contributed by atoms with Crippen molar-refractivity contribution in [1.29, 1.82) is 0 Å². The van der Waals surface area contributed by atoms with E-state index in [9.17, 15) is 5.11 Å². The van der Waals surface area contributed by atoms with E-state index in [2.05, 4.69) is 35.6 Å². The molecule has 2 N–H and O–H groups in total. The normalized spacial score (nSPS) is 27.1. The lowest BCUT2D eigenvalue weighted by Crippen LogP contribution is -2.45. The standard InChI is InChI=1S/C21H23ClN2O/c22-17-6-3-4-15(12-17)14-23-20-21(10-8-18(25)9-11-21)13-16-5-1-2-7-19(16)24-20/h1-7,12,18,25H,8-11,13-14H2,(H,23,24). The fraction of sp³-hybridized carbons (Fsp3) is 0.381. The molecule has 4 rings (SSSR count). The third-order valence-corrected chi connectivity index (χ3v) is 5.76. The summed E-state index contributed by atoms with van der Waals surface area (Å²) < 4.78 is 0. The van der Waals surface area contributed by atoms with E-state index in [1.165, 1.54) is 5.56 Å². The van der Waals surface area contributed by atoms with Gasteiger partial charge in [0, 0.05) is 16.1 Å². The fourth-order valence-corrected chi connectivity index (χ4v) is 4.30. The number of anilines is 1. The van der Waals surface area contributed by atoms with Crippen molar-refractivity contribution in [2.75, 3.05) is 5.32 Å². The molecule has 1 spiro atoms. The monoisotopic (exact) mass is 354 g/mol. The molecule has 2 aromatic rings. The maximum atomic E-state index is 9.97. The average molecular weight is 355 g/mol. The number of amidine groups is 1. The van der Waals surface area contributed by atoms with E-state index in [1.54, 1.807) is 0 Å². The van der Waals surface area contributed by atoms with Crippen molar-refractivity contribution < 1.29 is 5.11 Å². The molecule has 4 heteroatoms. The number of nitrogens with one attached hydrogen (secondary N) is 1. The Morgan fingerprint density at radius 2 is 1.92 bits per heavy atom. The van der Waals surface area contributed by atoms with E-state index in [0.717, 1.165) is 54.2 Å². The number of aliphatic imine (C=N–C) groups is 1. The lowest BCUT2D eigenvalue weighted by Gasteiger charge is -2.43. The number of hydrogen-bond donors (Lipinski definition) is 2. The van der Waals surface area contributed by atoms with Crippen molar-refractivity contribution in [2.24, 2.45) is 10.4 Å². The highest BCUT2D eigenvalue weighted by molar-refractivity contribution is 6.30. The SMILES string of the molecule is OC1CCC2(CC1)Cc1ccccc1NC2=NCc1cccc(Cl)c1. The second kappa shape index (κ2) is 6.81. The molecule has 2 aromatic carbocycles. The second-order valence-corrected chi connectivity index (χ2v) is 7.70. The van der Waals surface area contributed by atoms with Gasteiger partial charge in [-0.05, 0) is 61.4 Å². The molecule has 0 unspecified atom stereocenters. The van der Waals surface area contributed by atoms with Crippen LogP contribution in [-0.2, 0) is 13.0 Å². The van der Waals surface area contributed by atoms with Gasteiger partial charge < -0.3 is 10.4 Å². The zero-order valence-corrected chi connectivity index (χ0v) is 15.0. The molecule has 1 heterocycles. The van der Waals surface area contributed by atoms with Crippen LogP contribution >= 0.6 is 11.6 Å². The van der Waals surface area contributed by atoms with Gasteiger partial charge in [-0.1, -0.05) is 41.9 Å². The van der Waals surface area contributed by atoms with Crippen LogP contribution in [0.4, 0.5) is 5.69 Å². The molecule has 1 aliphatic carbocycles. The molecule has 0 saturated heterocycles. The van der Waals surface area contributed by atoms with Gasteiger partial charge in [0.25, 0.3) is 0 Å². The van der Waals surface area contributed by atoms with Crippen LogP contribution in [0.1, 0.15) is 36.8 Å². The Morgan fingerprint density at radius 3 is 2.72 bits per heavy atom. The lowest BCUT2D eigenvalue weighted by molar-refractivity contribution is 0.0908. The minimum Gasteiger partial charge on any atom is -0.393 e. The van der Waals surface area contributed by atoms with Crippen LogP contribution < -0.4 is 5.32 Å². The summed E-state index contributed by atoms with van der Waals surface area (Å²) >= 11 is 6.10. The number of nitrogens with zero attached hydrogens (tertiary/aromatic N) is 1. The molecule has 0 bridgehead atoms. The first-order valence-corrected chi connectivity index (χ1v) is 9.35. The largest absolute Gasteiger partial charge is 0.393 e. The summed E-state index contributed by atoms with van der Waals surface area (Å²) in [7, 11) is 0. The Morgan fingerprint density at radius 1 is 1.12 bits per heavy atom. The van der Waals surface area contributed by atoms with Gasteiger partial charge in [0.05, 0.1) is 12.6 Å². The highest BCUT2D eigenvalue weighted by atomic mass is 35.5. The van der Waals surface area contributed by atoms with Gasteiger partial charge in [-0.25, -0.2) is 0 Å². The number of halogens is 1. The molecule has 130 valence electrons. The zero-order chi connectivity index (χ0) is 17.3. The van der Waals surface area contributed by atoms with Crippen LogP contribution in [0.25, 0.3) is 0 Å². The van der Waals surface area contributed by atoms with Crippen molar-refractivity contribution in [2.45, 2.75) is 44.8 Å². The molecule has 0 amide bonds. The predicted molar refractivity (Wildman–Crippen MR) is 103 cm³/mol. The summed E-state index contributed by atoms with van der Waals surface area (Å²) in [5.41, 5.74) is 3.64. The van der Waals surface area contributed by atoms with Crippen molar-refractivity contribution in [3.63, 3.8) is 0 Å². The Balaban J connectivity index is 1.66. The van der Waals surface area contributed by atoms with Crippen LogP contribution in [0, 0.1) is 5.41 Å². The number of aliphatic hydroxyl groups is 1. The van der Waals surface area contributed by atoms with Gasteiger partial charge in [-0.15, -0.1) is 0 Å². The maximum Gasteiger partial charge on any atom is 0.108 e. The van der Waals surface area contributed by atoms with Crippen LogP contribution in [0.15, 0.2) is 53.5 Å². The molecule has 0 aromatic heterocycles. The minimum atomic E-state index is -0.169. The van der Waals surface area contributed by atoms with Crippen LogP contribution in [0.3, 0.4) is 0 Å². The molecule has 1 fully saturated rings. The van der Waals surface area contributed by atoms with E-state index in [1.807, 2.05) is 18.2 Å². The Bertz CT molecular complexity index is 794. The van der Waals surface area contributed by atoms with Gasteiger partial charge >= 0.3 is 0 Å². The van der Waals surface area contributed by atoms with E-state index in [4.69, 9.17) is 16.6 Å². The zero-order valence-electron chi connectivity index (χ0n) is 14.2. The van der Waals surface area contributed by atoms with Gasteiger partial charge in [0.2, 0.25) is 0 Å². The van der Waals surface area contributed by atoms with Crippen molar-refractivity contribution >= 4 is 23.1 Å². The third-order valence-electron chi connectivity index (χ3n) is 5.52. The van der Waals surface area contributed by atoms with E-state index >= 15 is 0 Å². The van der Waals surface area contributed by atoms with Crippen molar-refractivity contribution in [3.8, 4) is 0 Å². The number of hydrogen-bond acceptors (Lipinski definition) is 2. The maximum absolute atomic E-state index is 9.97. The summed E-state index contributed by atoms with van der Waals surface area (Å²) in [5.74, 6) is 1.07. The van der Waals surface area contributed by atoms with Gasteiger partial charge in [-0.2, -0.15) is 0 Å². The lowest BCUT2D eigenvalue weighted by atomic mass is 9.67. The molecule has 0 radical (unpaired) electrons. The van der Waals surface area contributed by atoms with E-state index in [-0.39, 0.29) is 11.5 Å². The van der Waals surface area contributed by atoms with Crippen LogP contribution in [-0.4, -0.2) is 17.0 Å². The first-order valence-electron chi connectivity index (χ1n) is 8.97. The van der Waals surface area contributed by atoms with Gasteiger partial charge in [-0.3, -0.25) is 4.99 Å². The van der Waals surface area contributed by atoms with E-state index < -0.39 is 0 Å². The predicted octanol–water partition coefficient (Wildman–Crippen LogP) is 4.83. The highest BCUT2D eigenvalue weighted by Crippen LogP contribution is 2.45. The molecular formula is C21H23ClN2O. The number of aliphatic hydroxyl groups excluding tert-OH is 1. The quantitative estimate of drug-likeness (QED) is 0.811. The van der Waals surface area contributed by atoms with E-state index in [0.29, 0.717) is 6.54 Å². The number of benzene rings is 2. The summed E-state index contributed by atoms with van der Waals surface area (Å²) in [5, 5.41) is 14.3. The molecule has 25 heavy (non-hydrogen) atoms. The second-order valence-electron chi connectivity index (χ2n) is 7.27. The number of para-hydroxylation sites is 1. The summed E-state index contributed by atoms with van der Waals surface area (Å²) in [6.07, 6.45) is 4.47. The summed E-state index contributed by atoms with van der Waals surface area (Å²) in [6.45, 7) is 0.620. The topological polar surface area (TPSA) is 44.6 Å². The fourth-order valence-electron chi connectivity index (χ4n) is 4.09. The van der Waals surface area contributed by atoms with Crippen molar-refractivity contribution in [1.82, 2.24) is 0 Å². The molecular weight excluding hydrogens is 332 g/mol. The molecule has 3 nitrogen and oxygen atoms in total. The minimum absolute atomic E-state index is 0.0200. The smallest absolute Gasteiger partial charge is 0.108 e. The molecule has 1 aliphatic heterocycles. The van der Waals surface area contributed by atoms with Gasteiger partial charge in [0.1, 0.15) is 5.84 Å². The summed E-state index contributed by atoms with van der Waals surface area (Å²) in [4.78, 5) is 4.96. The number of rotatable bonds is 2. The van der Waals surface area contributed by atoms with Crippen LogP contribution in [0.2, 0.25) is 5.02 Å².